The van der Waals surface area contributed by atoms with Crippen molar-refractivity contribution in [2.45, 2.75) is 31.4 Å². The number of likely N-dealkylation sites (N-methyl/N-ethyl adjacent to an activating group) is 1. The van der Waals surface area contributed by atoms with Crippen LogP contribution in [0.15, 0.2) is 24.3 Å². The zero-order valence-corrected chi connectivity index (χ0v) is 13.1. The van der Waals surface area contributed by atoms with Crippen molar-refractivity contribution in [2.24, 2.45) is 0 Å². The summed E-state index contributed by atoms with van der Waals surface area (Å²) < 4.78 is 6.91. The third kappa shape index (κ3) is 2.85. The van der Waals surface area contributed by atoms with Crippen LogP contribution in [0, 0.1) is 3.57 Å². The van der Waals surface area contributed by atoms with Crippen molar-refractivity contribution in [3.05, 3.63) is 33.4 Å². The minimum atomic E-state index is -0.355. The second-order valence-electron chi connectivity index (χ2n) is 5.06. The highest BCUT2D eigenvalue weighted by molar-refractivity contribution is 14.1. The average Bonchev–Trinajstić information content (AvgIpc) is 3.09. The van der Waals surface area contributed by atoms with Gasteiger partial charge in [0.25, 0.3) is 0 Å². The Hall–Kier alpha value is -0.620. The van der Waals surface area contributed by atoms with E-state index in [0.717, 1.165) is 18.4 Å². The maximum absolute atomic E-state index is 12.0. The van der Waals surface area contributed by atoms with Gasteiger partial charge in [-0.05, 0) is 74.1 Å². The Kier molecular flexibility index (Phi) is 3.96. The molecule has 4 heteroatoms. The lowest BCUT2D eigenvalue weighted by Crippen LogP contribution is -2.36. The molecule has 1 atom stereocenters. The van der Waals surface area contributed by atoms with Gasteiger partial charge in [-0.3, -0.25) is 9.69 Å². The maximum Gasteiger partial charge on any atom is 0.323 e. The number of hydrogen-bond acceptors (Lipinski definition) is 3. The molecule has 0 aliphatic heterocycles. The molecule has 1 aliphatic carbocycles. The molecule has 0 N–H and O–H groups in total. The summed E-state index contributed by atoms with van der Waals surface area (Å²) in [6.45, 7) is 1.87. The number of rotatable bonds is 4. The van der Waals surface area contributed by atoms with Crippen LogP contribution in [0.5, 0.6) is 0 Å². The van der Waals surface area contributed by atoms with Gasteiger partial charge in [-0.25, -0.2) is 0 Å². The minimum absolute atomic E-state index is 0.143. The van der Waals surface area contributed by atoms with E-state index in [-0.39, 0.29) is 17.6 Å². The Morgan fingerprint density at radius 1 is 1.33 bits per heavy atom. The second-order valence-corrected chi connectivity index (χ2v) is 6.31. The number of nitrogens with zero attached hydrogens (tertiary/aromatic N) is 1. The van der Waals surface area contributed by atoms with E-state index in [0.29, 0.717) is 0 Å². The molecule has 1 aliphatic rings. The number of esters is 1. The molecule has 0 spiro atoms. The van der Waals surface area contributed by atoms with E-state index in [1.165, 1.54) is 3.57 Å². The van der Waals surface area contributed by atoms with E-state index in [2.05, 4.69) is 46.9 Å². The summed E-state index contributed by atoms with van der Waals surface area (Å²) >= 11 is 2.28. The third-order valence-electron chi connectivity index (χ3n) is 3.49. The highest BCUT2D eigenvalue weighted by Gasteiger charge is 2.49. The monoisotopic (exact) mass is 359 g/mol. The Morgan fingerprint density at radius 3 is 2.33 bits per heavy atom. The van der Waals surface area contributed by atoms with Crippen molar-refractivity contribution in [1.29, 1.82) is 0 Å². The Bertz CT molecular complexity index is 438. The number of benzene rings is 1. The van der Waals surface area contributed by atoms with Crippen LogP contribution in [0.2, 0.25) is 0 Å². The number of hydrogen-bond donors (Lipinski definition) is 0. The molecule has 0 aromatic heterocycles. The summed E-state index contributed by atoms with van der Waals surface area (Å²) in [4.78, 5) is 13.9. The molecule has 1 unspecified atom stereocenters. The molecule has 0 bridgehead atoms. The van der Waals surface area contributed by atoms with Gasteiger partial charge in [0, 0.05) is 3.57 Å². The minimum Gasteiger partial charge on any atom is -0.453 e. The fourth-order valence-corrected chi connectivity index (χ4v) is 2.17. The summed E-state index contributed by atoms with van der Waals surface area (Å²) in [6.07, 6.45) is 1.86. The molecular weight excluding hydrogens is 341 g/mol. The number of carbonyl (C=O) groups excluding carboxylic acids is 1. The summed E-state index contributed by atoms with van der Waals surface area (Å²) in [5.74, 6) is -0.143. The van der Waals surface area contributed by atoms with Crippen LogP contribution in [0.3, 0.4) is 0 Å². The number of carbonyl (C=O) groups is 1. The van der Waals surface area contributed by atoms with Crippen LogP contribution < -0.4 is 0 Å². The van der Waals surface area contributed by atoms with Crippen LogP contribution in [0.1, 0.15) is 25.3 Å². The van der Waals surface area contributed by atoms with Crippen LogP contribution in [0.25, 0.3) is 0 Å². The quantitative estimate of drug-likeness (QED) is 0.612. The van der Waals surface area contributed by atoms with Crippen molar-refractivity contribution in [3.8, 4) is 0 Å². The molecule has 1 saturated carbocycles. The van der Waals surface area contributed by atoms with Crippen molar-refractivity contribution in [1.82, 2.24) is 4.90 Å². The maximum atomic E-state index is 12.0. The van der Waals surface area contributed by atoms with Crippen molar-refractivity contribution >= 4 is 28.6 Å². The van der Waals surface area contributed by atoms with Crippen LogP contribution in [-0.4, -0.2) is 31.0 Å². The molecule has 0 amide bonds. The largest absolute Gasteiger partial charge is 0.453 e. The first-order chi connectivity index (χ1) is 8.44. The van der Waals surface area contributed by atoms with E-state index in [4.69, 9.17) is 4.74 Å². The molecule has 0 saturated heterocycles. The third-order valence-corrected chi connectivity index (χ3v) is 4.21. The lowest BCUT2D eigenvalue weighted by atomic mass is 10.1. The van der Waals surface area contributed by atoms with Gasteiger partial charge in [-0.1, -0.05) is 12.1 Å². The normalized spacial score (nSPS) is 18.5. The van der Waals surface area contributed by atoms with Crippen LogP contribution >= 0.6 is 22.6 Å². The fraction of sp³-hybridized carbons (Fsp3) is 0.500. The van der Waals surface area contributed by atoms with Gasteiger partial charge < -0.3 is 4.74 Å². The summed E-state index contributed by atoms with van der Waals surface area (Å²) in [7, 11) is 3.77. The van der Waals surface area contributed by atoms with Crippen LogP contribution in [0.4, 0.5) is 0 Å². The van der Waals surface area contributed by atoms with Gasteiger partial charge in [0.15, 0.2) is 0 Å². The summed E-state index contributed by atoms with van der Waals surface area (Å²) in [5.41, 5.74) is 0.758. The number of halogens is 1. The number of ether oxygens (including phenoxy) is 1. The zero-order chi connectivity index (χ0) is 13.3. The van der Waals surface area contributed by atoms with E-state index >= 15 is 0 Å². The average molecular weight is 359 g/mol. The SMILES string of the molecule is CC(C(=O)OC1(c2ccc(I)cc2)CC1)N(C)C. The Balaban J connectivity index is 2.09. The lowest BCUT2D eigenvalue weighted by molar-refractivity contribution is -0.156. The van der Waals surface area contributed by atoms with Crippen LogP contribution in [-0.2, 0) is 15.1 Å². The molecule has 1 aromatic rings. The van der Waals surface area contributed by atoms with Gasteiger partial charge in [0.05, 0.1) is 0 Å². The first-order valence-corrected chi connectivity index (χ1v) is 7.18. The fourth-order valence-electron chi connectivity index (χ4n) is 1.81. The van der Waals surface area contributed by atoms with E-state index in [1.807, 2.05) is 25.9 Å². The summed E-state index contributed by atoms with van der Waals surface area (Å²) in [5, 5.41) is 0. The van der Waals surface area contributed by atoms with E-state index in [9.17, 15) is 4.79 Å². The van der Waals surface area contributed by atoms with Gasteiger partial charge >= 0.3 is 5.97 Å². The molecule has 2 rings (SSSR count). The van der Waals surface area contributed by atoms with Crippen molar-refractivity contribution in [3.63, 3.8) is 0 Å². The van der Waals surface area contributed by atoms with Crippen molar-refractivity contribution < 1.29 is 9.53 Å². The van der Waals surface area contributed by atoms with Gasteiger partial charge in [-0.2, -0.15) is 0 Å². The Morgan fingerprint density at radius 2 is 1.89 bits per heavy atom. The molecule has 0 heterocycles. The molecule has 1 fully saturated rings. The molecule has 98 valence electrons. The Labute approximate surface area is 122 Å². The van der Waals surface area contributed by atoms with Gasteiger partial charge in [-0.15, -0.1) is 0 Å². The predicted octanol–water partition coefficient (Wildman–Crippen LogP) is 2.77. The van der Waals surface area contributed by atoms with Crippen molar-refractivity contribution in [2.75, 3.05) is 14.1 Å². The topological polar surface area (TPSA) is 29.5 Å². The molecule has 1 aromatic carbocycles. The molecule has 18 heavy (non-hydrogen) atoms. The first-order valence-electron chi connectivity index (χ1n) is 6.10. The molecule has 3 nitrogen and oxygen atoms in total. The standard InChI is InChI=1S/C14H18INO2/c1-10(16(2)3)13(17)18-14(8-9-14)11-4-6-12(15)7-5-11/h4-7,10H,8-9H2,1-3H3. The highest BCUT2D eigenvalue weighted by atomic mass is 127. The zero-order valence-electron chi connectivity index (χ0n) is 10.9. The smallest absolute Gasteiger partial charge is 0.323 e. The molecular formula is C14H18INO2. The summed E-state index contributed by atoms with van der Waals surface area (Å²) in [6, 6.07) is 8.02. The highest BCUT2D eigenvalue weighted by Crippen LogP contribution is 2.49. The second kappa shape index (κ2) is 5.17. The molecule has 0 radical (unpaired) electrons. The lowest BCUT2D eigenvalue weighted by Gasteiger charge is -2.23. The van der Waals surface area contributed by atoms with Gasteiger partial charge in [0.1, 0.15) is 11.6 Å². The predicted molar refractivity (Wildman–Crippen MR) is 79.3 cm³/mol. The van der Waals surface area contributed by atoms with Gasteiger partial charge in [0.2, 0.25) is 0 Å². The first kappa shape index (κ1) is 13.8. The van der Waals surface area contributed by atoms with E-state index in [1.54, 1.807) is 0 Å². The van der Waals surface area contributed by atoms with E-state index < -0.39 is 0 Å².